The minimum absolute atomic E-state index is 0.120. The summed E-state index contributed by atoms with van der Waals surface area (Å²) >= 11 is 0. The molecule has 0 saturated carbocycles. The maximum Gasteiger partial charge on any atom is 0.132 e. The zero-order chi connectivity index (χ0) is 13.2. The third-order valence-corrected chi connectivity index (χ3v) is 3.43. The monoisotopic (exact) mass is 232 g/mol. The minimum atomic E-state index is 0.120. The SMILES string of the molecule is CC(=O)C(C)Cc1ccc(C(C)(C)C)cc1C. The molecule has 0 bridgehead atoms. The third kappa shape index (κ3) is 3.69. The van der Waals surface area contributed by atoms with E-state index in [9.17, 15) is 4.79 Å². The standard InChI is InChI=1S/C16H24O/c1-11(13(3)17)9-14-7-8-15(10-12(14)2)16(4,5)6/h7-8,10-11H,9H2,1-6H3. The van der Waals surface area contributed by atoms with E-state index < -0.39 is 0 Å². The smallest absolute Gasteiger partial charge is 0.132 e. The van der Waals surface area contributed by atoms with Crippen molar-refractivity contribution in [2.24, 2.45) is 5.92 Å². The number of hydrogen-bond donors (Lipinski definition) is 0. The molecule has 0 aliphatic carbocycles. The van der Waals surface area contributed by atoms with E-state index in [4.69, 9.17) is 0 Å². The summed E-state index contributed by atoms with van der Waals surface area (Å²) in [5, 5.41) is 0. The quantitative estimate of drug-likeness (QED) is 0.768. The Morgan fingerprint density at radius 2 is 1.88 bits per heavy atom. The second kappa shape index (κ2) is 5.03. The highest BCUT2D eigenvalue weighted by molar-refractivity contribution is 5.78. The van der Waals surface area contributed by atoms with Gasteiger partial charge in [-0.05, 0) is 42.4 Å². The number of benzene rings is 1. The number of rotatable bonds is 3. The fourth-order valence-electron chi connectivity index (χ4n) is 1.87. The molecule has 0 heterocycles. The van der Waals surface area contributed by atoms with Gasteiger partial charge in [-0.3, -0.25) is 4.79 Å². The zero-order valence-corrected chi connectivity index (χ0v) is 11.9. The fraction of sp³-hybridized carbons (Fsp3) is 0.562. The van der Waals surface area contributed by atoms with Gasteiger partial charge in [0.1, 0.15) is 5.78 Å². The van der Waals surface area contributed by atoms with Crippen molar-refractivity contribution in [2.75, 3.05) is 0 Å². The molecule has 1 rings (SSSR count). The van der Waals surface area contributed by atoms with E-state index in [1.807, 2.05) is 6.92 Å². The van der Waals surface area contributed by atoms with Crippen LogP contribution in [0.25, 0.3) is 0 Å². The van der Waals surface area contributed by atoms with E-state index >= 15 is 0 Å². The van der Waals surface area contributed by atoms with Crippen LogP contribution >= 0.6 is 0 Å². The van der Waals surface area contributed by atoms with Crippen molar-refractivity contribution in [3.8, 4) is 0 Å². The molecule has 0 aliphatic heterocycles. The summed E-state index contributed by atoms with van der Waals surface area (Å²) in [7, 11) is 0. The number of aryl methyl sites for hydroxylation is 1. The molecule has 0 radical (unpaired) electrons. The van der Waals surface area contributed by atoms with Gasteiger partial charge in [-0.25, -0.2) is 0 Å². The van der Waals surface area contributed by atoms with Crippen molar-refractivity contribution in [3.63, 3.8) is 0 Å². The highest BCUT2D eigenvalue weighted by Gasteiger charge is 2.15. The topological polar surface area (TPSA) is 17.1 Å². The van der Waals surface area contributed by atoms with E-state index in [2.05, 4.69) is 45.9 Å². The normalized spacial score (nSPS) is 13.5. The molecule has 0 aromatic heterocycles. The van der Waals surface area contributed by atoms with Crippen molar-refractivity contribution in [1.29, 1.82) is 0 Å². The van der Waals surface area contributed by atoms with Crippen LogP contribution < -0.4 is 0 Å². The fourth-order valence-corrected chi connectivity index (χ4v) is 1.87. The van der Waals surface area contributed by atoms with Crippen molar-refractivity contribution in [3.05, 3.63) is 34.9 Å². The Hall–Kier alpha value is -1.11. The zero-order valence-electron chi connectivity index (χ0n) is 11.9. The van der Waals surface area contributed by atoms with Crippen molar-refractivity contribution >= 4 is 5.78 Å². The van der Waals surface area contributed by atoms with Crippen LogP contribution in [0.1, 0.15) is 51.3 Å². The highest BCUT2D eigenvalue weighted by atomic mass is 16.1. The van der Waals surface area contributed by atoms with Crippen LogP contribution in [0.15, 0.2) is 18.2 Å². The van der Waals surface area contributed by atoms with Gasteiger partial charge >= 0.3 is 0 Å². The van der Waals surface area contributed by atoms with Crippen molar-refractivity contribution in [1.82, 2.24) is 0 Å². The first-order valence-electron chi connectivity index (χ1n) is 6.32. The summed E-state index contributed by atoms with van der Waals surface area (Å²) in [4.78, 5) is 11.3. The van der Waals surface area contributed by atoms with Crippen LogP contribution in [0, 0.1) is 12.8 Å². The summed E-state index contributed by atoms with van der Waals surface area (Å²) in [5.74, 6) is 0.387. The molecule has 0 aliphatic rings. The molecule has 1 unspecified atom stereocenters. The summed E-state index contributed by atoms with van der Waals surface area (Å²) < 4.78 is 0. The molecule has 1 aromatic carbocycles. The molecule has 1 atom stereocenters. The second-order valence-corrected chi connectivity index (χ2v) is 6.11. The first-order chi connectivity index (χ1) is 7.71. The lowest BCUT2D eigenvalue weighted by molar-refractivity contribution is -0.120. The molecule has 0 spiro atoms. The predicted molar refractivity (Wildman–Crippen MR) is 73.4 cm³/mol. The molecular formula is C16H24O. The maximum absolute atomic E-state index is 11.3. The highest BCUT2D eigenvalue weighted by Crippen LogP contribution is 2.25. The molecule has 0 saturated heterocycles. The van der Waals surface area contributed by atoms with Crippen LogP contribution in [0.4, 0.5) is 0 Å². The van der Waals surface area contributed by atoms with Gasteiger partial charge in [-0.2, -0.15) is 0 Å². The summed E-state index contributed by atoms with van der Waals surface area (Å²) in [6, 6.07) is 6.62. The van der Waals surface area contributed by atoms with Gasteiger partial charge in [-0.15, -0.1) is 0 Å². The number of ketones is 1. The van der Waals surface area contributed by atoms with Crippen LogP contribution in [0.2, 0.25) is 0 Å². The van der Waals surface area contributed by atoms with Crippen LogP contribution in [0.5, 0.6) is 0 Å². The number of hydrogen-bond acceptors (Lipinski definition) is 1. The average Bonchev–Trinajstić information content (AvgIpc) is 2.19. The first-order valence-corrected chi connectivity index (χ1v) is 6.32. The van der Waals surface area contributed by atoms with E-state index in [0.29, 0.717) is 0 Å². The largest absolute Gasteiger partial charge is 0.300 e. The lowest BCUT2D eigenvalue weighted by Gasteiger charge is -2.21. The minimum Gasteiger partial charge on any atom is -0.300 e. The summed E-state index contributed by atoms with van der Waals surface area (Å²) in [6.07, 6.45) is 0.853. The molecule has 1 heteroatoms. The Morgan fingerprint density at radius 3 is 2.29 bits per heavy atom. The third-order valence-electron chi connectivity index (χ3n) is 3.43. The Labute approximate surface area is 105 Å². The Morgan fingerprint density at radius 1 is 1.29 bits per heavy atom. The van der Waals surface area contributed by atoms with Gasteiger partial charge in [-0.1, -0.05) is 45.9 Å². The Balaban J connectivity index is 2.95. The summed E-state index contributed by atoms with van der Waals surface area (Å²) in [5.41, 5.74) is 4.13. The van der Waals surface area contributed by atoms with Crippen LogP contribution in [-0.2, 0) is 16.6 Å². The van der Waals surface area contributed by atoms with E-state index in [-0.39, 0.29) is 17.1 Å². The van der Waals surface area contributed by atoms with Gasteiger partial charge in [0.2, 0.25) is 0 Å². The first kappa shape index (κ1) is 14.0. The molecule has 0 N–H and O–H groups in total. The lowest BCUT2D eigenvalue weighted by atomic mass is 9.84. The molecule has 1 aromatic rings. The van der Waals surface area contributed by atoms with E-state index in [1.54, 1.807) is 6.92 Å². The predicted octanol–water partition coefficient (Wildman–Crippen LogP) is 4.06. The lowest BCUT2D eigenvalue weighted by Crippen LogP contribution is -2.13. The number of Topliss-reactive ketones (excluding diaryl/α,β-unsaturated/α-hetero) is 1. The van der Waals surface area contributed by atoms with Crippen molar-refractivity contribution in [2.45, 2.75) is 53.4 Å². The van der Waals surface area contributed by atoms with Crippen molar-refractivity contribution < 1.29 is 4.79 Å². The second-order valence-electron chi connectivity index (χ2n) is 6.11. The molecule has 0 amide bonds. The Bertz CT molecular complexity index is 410. The average molecular weight is 232 g/mol. The Kier molecular flexibility index (Phi) is 4.13. The van der Waals surface area contributed by atoms with E-state index in [0.717, 1.165) is 6.42 Å². The summed E-state index contributed by atoms with van der Waals surface area (Å²) in [6.45, 7) is 12.5. The van der Waals surface area contributed by atoms with Gasteiger partial charge < -0.3 is 0 Å². The molecule has 1 nitrogen and oxygen atoms in total. The van der Waals surface area contributed by atoms with Gasteiger partial charge in [0.25, 0.3) is 0 Å². The molecular weight excluding hydrogens is 208 g/mol. The van der Waals surface area contributed by atoms with Crippen LogP contribution in [-0.4, -0.2) is 5.78 Å². The van der Waals surface area contributed by atoms with Gasteiger partial charge in [0.05, 0.1) is 0 Å². The van der Waals surface area contributed by atoms with Crippen LogP contribution in [0.3, 0.4) is 0 Å². The van der Waals surface area contributed by atoms with Gasteiger partial charge in [0, 0.05) is 5.92 Å². The number of carbonyl (C=O) groups excluding carboxylic acids is 1. The van der Waals surface area contributed by atoms with Gasteiger partial charge in [0.15, 0.2) is 0 Å². The number of carbonyl (C=O) groups is 1. The molecule has 17 heavy (non-hydrogen) atoms. The maximum atomic E-state index is 11.3. The van der Waals surface area contributed by atoms with E-state index in [1.165, 1.54) is 16.7 Å². The molecule has 0 fully saturated rings. The molecule has 94 valence electrons.